The van der Waals surface area contributed by atoms with E-state index in [1.807, 2.05) is 12.3 Å². The van der Waals surface area contributed by atoms with Crippen LogP contribution < -0.4 is 5.32 Å². The second-order valence-electron chi connectivity index (χ2n) is 5.28. The zero-order valence-corrected chi connectivity index (χ0v) is 13.0. The molecule has 1 fully saturated rings. The van der Waals surface area contributed by atoms with Crippen LogP contribution in [0.5, 0.6) is 0 Å². The number of aromatic nitrogens is 1. The van der Waals surface area contributed by atoms with E-state index in [-0.39, 0.29) is 11.3 Å². The number of rotatable bonds is 5. The van der Waals surface area contributed by atoms with Crippen LogP contribution in [0.25, 0.3) is 0 Å². The van der Waals surface area contributed by atoms with Crippen LogP contribution in [-0.4, -0.2) is 42.5 Å². The highest BCUT2D eigenvalue weighted by Gasteiger charge is 2.39. The van der Waals surface area contributed by atoms with Gasteiger partial charge in [-0.2, -0.15) is 0 Å². The molecule has 19 heavy (non-hydrogen) atoms. The Labute approximate surface area is 123 Å². The molecule has 1 amide bonds. The normalized spacial score (nSPS) is 23.7. The molecule has 1 saturated heterocycles. The Morgan fingerprint density at radius 1 is 1.68 bits per heavy atom. The number of thiazole rings is 1. The lowest BCUT2D eigenvalue weighted by Gasteiger charge is -2.22. The molecule has 1 N–H and O–H groups in total. The van der Waals surface area contributed by atoms with Crippen molar-refractivity contribution >= 4 is 28.8 Å². The van der Waals surface area contributed by atoms with E-state index in [4.69, 9.17) is 11.6 Å². The molecule has 1 aliphatic rings. The number of alkyl halides is 1. The lowest BCUT2D eigenvalue weighted by atomic mass is 9.89. The molecule has 0 radical (unpaired) electrons. The standard InChI is InChI=1S/C13H20ClN3OS/c1-13(12(18)15-2)4-6-17(9-13)5-3-11-16-10(7-14)8-19-11/h8H,3-7,9H2,1-2H3,(H,15,18). The van der Waals surface area contributed by atoms with Crippen LogP contribution in [0.2, 0.25) is 0 Å². The number of hydrogen-bond acceptors (Lipinski definition) is 4. The quantitative estimate of drug-likeness (QED) is 0.845. The summed E-state index contributed by atoms with van der Waals surface area (Å²) in [5.41, 5.74) is 0.720. The van der Waals surface area contributed by atoms with Crippen molar-refractivity contribution in [3.8, 4) is 0 Å². The maximum Gasteiger partial charge on any atom is 0.227 e. The van der Waals surface area contributed by atoms with Crippen LogP contribution in [0.4, 0.5) is 0 Å². The molecule has 106 valence electrons. The van der Waals surface area contributed by atoms with Gasteiger partial charge in [-0.1, -0.05) is 0 Å². The number of amides is 1. The van der Waals surface area contributed by atoms with Gasteiger partial charge in [-0.05, 0) is 19.9 Å². The minimum absolute atomic E-state index is 0.147. The monoisotopic (exact) mass is 301 g/mol. The third-order valence-electron chi connectivity index (χ3n) is 3.71. The summed E-state index contributed by atoms with van der Waals surface area (Å²) in [4.78, 5) is 18.6. The number of halogens is 1. The highest BCUT2D eigenvalue weighted by Crippen LogP contribution is 2.30. The van der Waals surface area contributed by atoms with E-state index in [9.17, 15) is 4.79 Å². The van der Waals surface area contributed by atoms with Crippen molar-refractivity contribution in [2.24, 2.45) is 5.41 Å². The molecule has 1 aromatic heterocycles. The fourth-order valence-corrected chi connectivity index (χ4v) is 3.53. The maximum absolute atomic E-state index is 11.8. The summed E-state index contributed by atoms with van der Waals surface area (Å²) >= 11 is 7.41. The van der Waals surface area contributed by atoms with Crippen molar-refractivity contribution in [2.45, 2.75) is 25.6 Å². The molecule has 0 saturated carbocycles. The van der Waals surface area contributed by atoms with Crippen LogP contribution in [0, 0.1) is 5.41 Å². The third-order valence-corrected chi connectivity index (χ3v) is 4.94. The van der Waals surface area contributed by atoms with Crippen LogP contribution in [0.3, 0.4) is 0 Å². The first-order valence-electron chi connectivity index (χ1n) is 6.51. The third kappa shape index (κ3) is 3.46. The fourth-order valence-electron chi connectivity index (χ4n) is 2.51. The molecule has 0 aromatic carbocycles. The Morgan fingerprint density at radius 2 is 2.47 bits per heavy atom. The van der Waals surface area contributed by atoms with Gasteiger partial charge in [-0.25, -0.2) is 4.98 Å². The molecule has 0 spiro atoms. The first-order valence-corrected chi connectivity index (χ1v) is 7.92. The van der Waals surface area contributed by atoms with Crippen molar-refractivity contribution in [1.29, 1.82) is 0 Å². The minimum atomic E-state index is -0.237. The zero-order chi connectivity index (χ0) is 13.9. The molecule has 1 atom stereocenters. The van der Waals surface area contributed by atoms with E-state index in [1.54, 1.807) is 18.4 Å². The van der Waals surface area contributed by atoms with Gasteiger partial charge in [0.05, 0.1) is 22.0 Å². The van der Waals surface area contributed by atoms with Gasteiger partial charge in [-0.3, -0.25) is 4.79 Å². The maximum atomic E-state index is 11.8. The topological polar surface area (TPSA) is 45.2 Å². The highest BCUT2D eigenvalue weighted by atomic mass is 35.5. The van der Waals surface area contributed by atoms with Gasteiger partial charge in [0, 0.05) is 31.9 Å². The number of hydrogen-bond donors (Lipinski definition) is 1. The summed E-state index contributed by atoms with van der Waals surface area (Å²) < 4.78 is 0. The van der Waals surface area contributed by atoms with Gasteiger partial charge in [0.1, 0.15) is 0 Å². The van der Waals surface area contributed by atoms with Gasteiger partial charge in [-0.15, -0.1) is 22.9 Å². The van der Waals surface area contributed by atoms with E-state index in [0.717, 1.165) is 43.2 Å². The van der Waals surface area contributed by atoms with Crippen LogP contribution >= 0.6 is 22.9 Å². The average Bonchev–Trinajstić information content (AvgIpc) is 3.02. The fraction of sp³-hybridized carbons (Fsp3) is 0.692. The number of carbonyl (C=O) groups excluding carboxylic acids is 1. The van der Waals surface area contributed by atoms with Crippen molar-refractivity contribution in [3.05, 3.63) is 16.1 Å². The zero-order valence-electron chi connectivity index (χ0n) is 11.4. The Bertz CT molecular complexity index is 451. The Kier molecular flexibility index (Phi) is 4.81. The van der Waals surface area contributed by atoms with E-state index < -0.39 is 0 Å². The second-order valence-corrected chi connectivity index (χ2v) is 6.49. The minimum Gasteiger partial charge on any atom is -0.359 e. The number of nitrogens with zero attached hydrogens (tertiary/aromatic N) is 2. The average molecular weight is 302 g/mol. The molecular weight excluding hydrogens is 282 g/mol. The molecular formula is C13H20ClN3OS. The van der Waals surface area contributed by atoms with Gasteiger partial charge in [0.15, 0.2) is 0 Å². The summed E-state index contributed by atoms with van der Waals surface area (Å²) in [7, 11) is 1.71. The van der Waals surface area contributed by atoms with E-state index in [0.29, 0.717) is 5.88 Å². The van der Waals surface area contributed by atoms with Crippen molar-refractivity contribution < 1.29 is 4.79 Å². The van der Waals surface area contributed by atoms with Crippen LogP contribution in [0.15, 0.2) is 5.38 Å². The molecule has 1 aliphatic heterocycles. The molecule has 1 aromatic rings. The smallest absolute Gasteiger partial charge is 0.227 e. The Morgan fingerprint density at radius 3 is 3.11 bits per heavy atom. The van der Waals surface area contributed by atoms with E-state index in [1.165, 1.54) is 0 Å². The molecule has 0 bridgehead atoms. The Hall–Kier alpha value is -0.650. The molecule has 0 aliphatic carbocycles. The second kappa shape index (κ2) is 6.20. The van der Waals surface area contributed by atoms with E-state index in [2.05, 4.69) is 15.2 Å². The Balaban J connectivity index is 1.83. The predicted octanol–water partition coefficient (Wildman–Crippen LogP) is 1.88. The summed E-state index contributed by atoms with van der Waals surface area (Å²) in [6.07, 6.45) is 1.86. The number of nitrogens with one attached hydrogen (secondary N) is 1. The van der Waals surface area contributed by atoms with Gasteiger partial charge >= 0.3 is 0 Å². The number of likely N-dealkylation sites (tertiary alicyclic amines) is 1. The molecule has 6 heteroatoms. The SMILES string of the molecule is CNC(=O)C1(C)CCN(CCc2nc(CCl)cs2)C1. The molecule has 2 heterocycles. The van der Waals surface area contributed by atoms with Gasteiger partial charge < -0.3 is 10.2 Å². The van der Waals surface area contributed by atoms with Crippen LogP contribution in [0.1, 0.15) is 24.0 Å². The highest BCUT2D eigenvalue weighted by molar-refractivity contribution is 7.09. The van der Waals surface area contributed by atoms with Crippen molar-refractivity contribution in [2.75, 3.05) is 26.7 Å². The van der Waals surface area contributed by atoms with Gasteiger partial charge in [0.25, 0.3) is 0 Å². The first kappa shape index (κ1) is 14.8. The molecule has 1 unspecified atom stereocenters. The lowest BCUT2D eigenvalue weighted by molar-refractivity contribution is -0.129. The summed E-state index contributed by atoms with van der Waals surface area (Å²) in [6.45, 7) is 4.82. The largest absolute Gasteiger partial charge is 0.359 e. The molecule has 2 rings (SSSR count). The van der Waals surface area contributed by atoms with Crippen molar-refractivity contribution in [3.63, 3.8) is 0 Å². The summed E-state index contributed by atoms with van der Waals surface area (Å²) in [5, 5.41) is 5.91. The number of carbonyl (C=O) groups is 1. The van der Waals surface area contributed by atoms with E-state index >= 15 is 0 Å². The summed E-state index contributed by atoms with van der Waals surface area (Å²) in [5.74, 6) is 0.628. The van der Waals surface area contributed by atoms with Crippen LogP contribution in [-0.2, 0) is 17.1 Å². The first-order chi connectivity index (χ1) is 9.07. The summed E-state index contributed by atoms with van der Waals surface area (Å²) in [6, 6.07) is 0. The lowest BCUT2D eigenvalue weighted by Crippen LogP contribution is -2.39. The molecule has 4 nitrogen and oxygen atoms in total. The van der Waals surface area contributed by atoms with Crippen molar-refractivity contribution in [1.82, 2.24) is 15.2 Å². The van der Waals surface area contributed by atoms with Gasteiger partial charge in [0.2, 0.25) is 5.91 Å². The predicted molar refractivity (Wildman–Crippen MR) is 78.6 cm³/mol.